The molecule has 140 valence electrons. The number of anilines is 1. The number of thiazole rings is 2. The van der Waals surface area contributed by atoms with E-state index in [0.29, 0.717) is 10.2 Å². The van der Waals surface area contributed by atoms with Crippen LogP contribution in [-0.4, -0.2) is 21.6 Å². The fourth-order valence-electron chi connectivity index (χ4n) is 2.43. The number of rotatable bonds is 6. The van der Waals surface area contributed by atoms with Crippen molar-refractivity contribution in [2.75, 3.05) is 11.1 Å². The summed E-state index contributed by atoms with van der Waals surface area (Å²) in [7, 11) is 0. The highest BCUT2D eigenvalue weighted by molar-refractivity contribution is 8.01. The molecule has 4 rings (SSSR count). The topological polar surface area (TPSA) is 54.9 Å². The zero-order valence-electron chi connectivity index (χ0n) is 14.5. The van der Waals surface area contributed by atoms with E-state index in [2.05, 4.69) is 15.3 Å². The Morgan fingerprint density at radius 3 is 2.39 bits per heavy atom. The summed E-state index contributed by atoms with van der Waals surface area (Å²) in [6.07, 6.45) is 0. The van der Waals surface area contributed by atoms with Crippen LogP contribution < -0.4 is 5.32 Å². The number of carbonyl (C=O) groups is 1. The first-order chi connectivity index (χ1) is 13.7. The van der Waals surface area contributed by atoms with Crippen LogP contribution >= 0.6 is 46.0 Å². The first kappa shape index (κ1) is 19.1. The van der Waals surface area contributed by atoms with E-state index in [1.54, 1.807) is 11.3 Å². The molecule has 0 aliphatic carbocycles. The lowest BCUT2D eigenvalue weighted by atomic mass is 10.2. The van der Waals surface area contributed by atoms with Gasteiger partial charge in [0.05, 0.1) is 17.1 Å². The molecule has 1 N–H and O–H groups in total. The van der Waals surface area contributed by atoms with Gasteiger partial charge in [0.1, 0.15) is 0 Å². The van der Waals surface area contributed by atoms with Crippen molar-refractivity contribution in [2.24, 2.45) is 0 Å². The third-order valence-electron chi connectivity index (χ3n) is 3.77. The van der Waals surface area contributed by atoms with Crippen molar-refractivity contribution < 1.29 is 4.79 Å². The lowest BCUT2D eigenvalue weighted by Crippen LogP contribution is -2.13. The van der Waals surface area contributed by atoms with Gasteiger partial charge in [-0.3, -0.25) is 4.79 Å². The highest BCUT2D eigenvalue weighted by Crippen LogP contribution is 2.29. The zero-order chi connectivity index (χ0) is 19.3. The number of carbonyl (C=O) groups excluding carboxylic acids is 1. The van der Waals surface area contributed by atoms with Crippen LogP contribution in [-0.2, 0) is 4.79 Å². The molecular formula is C20H14ClN3OS3. The fourth-order valence-corrected chi connectivity index (χ4v) is 4.93. The highest BCUT2D eigenvalue weighted by Gasteiger charge is 2.11. The van der Waals surface area contributed by atoms with E-state index >= 15 is 0 Å². The lowest BCUT2D eigenvalue weighted by Gasteiger charge is -2.00. The Balaban J connectivity index is 1.33. The number of halogens is 1. The van der Waals surface area contributed by atoms with Gasteiger partial charge in [-0.2, -0.15) is 0 Å². The van der Waals surface area contributed by atoms with Crippen molar-refractivity contribution >= 4 is 57.1 Å². The first-order valence-electron chi connectivity index (χ1n) is 8.32. The smallest absolute Gasteiger partial charge is 0.236 e. The quantitative estimate of drug-likeness (QED) is 0.354. The summed E-state index contributed by atoms with van der Waals surface area (Å²) in [6.45, 7) is 0. The molecule has 0 atom stereocenters. The molecule has 0 fully saturated rings. The molecule has 0 aliphatic rings. The van der Waals surface area contributed by atoms with Crippen LogP contribution in [0.3, 0.4) is 0 Å². The third-order valence-corrected chi connectivity index (χ3v) is 6.80. The molecule has 0 unspecified atom stereocenters. The Kier molecular flexibility index (Phi) is 6.07. The number of hydrogen-bond donors (Lipinski definition) is 1. The fraction of sp³-hybridized carbons (Fsp3) is 0.0500. The molecule has 0 bridgehead atoms. The molecule has 0 aliphatic heterocycles. The maximum Gasteiger partial charge on any atom is 0.236 e. The molecule has 0 spiro atoms. The third kappa shape index (κ3) is 4.80. The number of amides is 1. The van der Waals surface area contributed by atoms with Gasteiger partial charge in [0.2, 0.25) is 5.91 Å². The number of nitrogens with zero attached hydrogens (tertiary/aromatic N) is 2. The van der Waals surface area contributed by atoms with Gasteiger partial charge in [-0.25, -0.2) is 9.97 Å². The predicted octanol–water partition coefficient (Wildman–Crippen LogP) is 6.32. The van der Waals surface area contributed by atoms with Gasteiger partial charge in [0.15, 0.2) is 9.47 Å². The van der Waals surface area contributed by atoms with Crippen LogP contribution in [0.2, 0.25) is 5.02 Å². The van der Waals surface area contributed by atoms with E-state index in [1.165, 1.54) is 23.1 Å². The van der Waals surface area contributed by atoms with Gasteiger partial charge in [0.25, 0.3) is 0 Å². The summed E-state index contributed by atoms with van der Waals surface area (Å²) < 4.78 is 0.870. The molecule has 28 heavy (non-hydrogen) atoms. The maximum atomic E-state index is 12.2. The van der Waals surface area contributed by atoms with Gasteiger partial charge in [-0.05, 0) is 12.1 Å². The zero-order valence-corrected chi connectivity index (χ0v) is 17.7. The molecule has 1 amide bonds. The molecular weight excluding hydrogens is 430 g/mol. The van der Waals surface area contributed by atoms with E-state index in [-0.39, 0.29) is 11.7 Å². The Labute approximate surface area is 179 Å². The molecule has 2 aromatic carbocycles. The number of hydrogen-bond acceptors (Lipinski definition) is 6. The first-order valence-corrected chi connectivity index (χ1v) is 11.4. The SMILES string of the molecule is O=C(CSc1nc(-c2ccccc2)cs1)Nc1nc(-c2ccc(Cl)cc2)cs1. The number of aromatic nitrogens is 2. The Hall–Kier alpha value is -2.19. The van der Waals surface area contributed by atoms with Gasteiger partial charge in [-0.1, -0.05) is 65.8 Å². The monoisotopic (exact) mass is 443 g/mol. The normalized spacial score (nSPS) is 10.8. The second-order valence-electron chi connectivity index (χ2n) is 5.75. The maximum absolute atomic E-state index is 12.2. The van der Waals surface area contributed by atoms with Crippen LogP contribution in [0.4, 0.5) is 5.13 Å². The number of nitrogens with one attached hydrogen (secondary N) is 1. The van der Waals surface area contributed by atoms with Crippen LogP contribution in [0, 0.1) is 0 Å². The minimum atomic E-state index is -0.0986. The van der Waals surface area contributed by atoms with Crippen LogP contribution in [0.15, 0.2) is 69.7 Å². The van der Waals surface area contributed by atoms with Crippen molar-refractivity contribution in [3.05, 3.63) is 70.4 Å². The summed E-state index contributed by atoms with van der Waals surface area (Å²) in [5, 5.41) is 8.04. The summed E-state index contributed by atoms with van der Waals surface area (Å²) in [5.74, 6) is 0.191. The minimum absolute atomic E-state index is 0.0986. The van der Waals surface area contributed by atoms with Crippen molar-refractivity contribution in [1.82, 2.24) is 9.97 Å². The van der Waals surface area contributed by atoms with E-state index in [1.807, 2.05) is 65.4 Å². The van der Waals surface area contributed by atoms with E-state index in [9.17, 15) is 4.79 Å². The summed E-state index contributed by atoms with van der Waals surface area (Å²) in [5.41, 5.74) is 3.79. The van der Waals surface area contributed by atoms with Crippen molar-refractivity contribution in [3.8, 4) is 22.5 Å². The van der Waals surface area contributed by atoms with Gasteiger partial charge in [-0.15, -0.1) is 22.7 Å². The summed E-state index contributed by atoms with van der Waals surface area (Å²) in [6, 6.07) is 17.5. The molecule has 0 saturated carbocycles. The average molecular weight is 444 g/mol. The molecule has 4 aromatic rings. The second kappa shape index (κ2) is 8.87. The molecule has 4 nitrogen and oxygen atoms in total. The molecule has 2 heterocycles. The van der Waals surface area contributed by atoms with Crippen LogP contribution in [0.1, 0.15) is 0 Å². The van der Waals surface area contributed by atoms with Crippen molar-refractivity contribution in [3.63, 3.8) is 0 Å². The molecule has 0 saturated heterocycles. The van der Waals surface area contributed by atoms with Crippen molar-refractivity contribution in [1.29, 1.82) is 0 Å². The molecule has 2 aromatic heterocycles. The molecule has 0 radical (unpaired) electrons. The summed E-state index contributed by atoms with van der Waals surface area (Å²) in [4.78, 5) is 21.3. The van der Waals surface area contributed by atoms with Gasteiger partial charge < -0.3 is 5.32 Å². The van der Waals surface area contributed by atoms with Crippen LogP contribution in [0.5, 0.6) is 0 Å². The van der Waals surface area contributed by atoms with Gasteiger partial charge in [0, 0.05) is 26.9 Å². The van der Waals surface area contributed by atoms with Gasteiger partial charge >= 0.3 is 0 Å². The largest absolute Gasteiger partial charge is 0.301 e. The van der Waals surface area contributed by atoms with Crippen LogP contribution in [0.25, 0.3) is 22.5 Å². The summed E-state index contributed by atoms with van der Waals surface area (Å²) >= 11 is 10.3. The Morgan fingerprint density at radius 1 is 0.929 bits per heavy atom. The predicted molar refractivity (Wildman–Crippen MR) is 119 cm³/mol. The average Bonchev–Trinajstić information content (AvgIpc) is 3.37. The van der Waals surface area contributed by atoms with E-state index in [4.69, 9.17) is 11.6 Å². The Morgan fingerprint density at radius 2 is 1.61 bits per heavy atom. The van der Waals surface area contributed by atoms with Crippen molar-refractivity contribution in [2.45, 2.75) is 4.34 Å². The van der Waals surface area contributed by atoms with E-state index in [0.717, 1.165) is 26.9 Å². The minimum Gasteiger partial charge on any atom is -0.301 e. The van der Waals surface area contributed by atoms with E-state index < -0.39 is 0 Å². The number of benzene rings is 2. The highest BCUT2D eigenvalue weighted by atomic mass is 35.5. The molecule has 8 heteroatoms. The lowest BCUT2D eigenvalue weighted by molar-refractivity contribution is -0.113. The number of thioether (sulfide) groups is 1. The second-order valence-corrected chi connectivity index (χ2v) is 9.12. The Bertz CT molecular complexity index is 1080. The standard InChI is InChI=1S/C20H14ClN3OS3/c21-15-8-6-14(7-9-15)16-10-26-19(22-16)24-18(25)12-28-20-23-17(11-27-20)13-4-2-1-3-5-13/h1-11H,12H2,(H,22,24,25).